The minimum Gasteiger partial charge on any atom is -0.396 e. The predicted molar refractivity (Wildman–Crippen MR) is 75.4 cm³/mol. The number of aliphatic hydroxyl groups is 1. The fourth-order valence-electron chi connectivity index (χ4n) is 2.10. The van der Waals surface area contributed by atoms with Gasteiger partial charge in [0.2, 0.25) is 0 Å². The van der Waals surface area contributed by atoms with Gasteiger partial charge in [-0.3, -0.25) is 4.72 Å². The van der Waals surface area contributed by atoms with Gasteiger partial charge in [-0.1, -0.05) is 17.7 Å². The molecule has 5 nitrogen and oxygen atoms in total. The molecule has 0 bridgehead atoms. The normalized spacial score (nSPS) is 18.4. The largest absolute Gasteiger partial charge is 0.396 e. The monoisotopic (exact) mass is 304 g/mol. The highest BCUT2D eigenvalue weighted by molar-refractivity contribution is 7.90. The van der Waals surface area contributed by atoms with E-state index in [1.165, 1.54) is 4.31 Å². The molecule has 0 atom stereocenters. The second kappa shape index (κ2) is 6.09. The number of hydrogen-bond donors (Lipinski definition) is 2. The SMILES string of the molecule is O=S(=O)(Nc1cccc(Cl)c1)N1CCC(CO)CC1. The first-order valence-corrected chi connectivity index (χ1v) is 7.97. The first kappa shape index (κ1) is 14.6. The van der Waals surface area contributed by atoms with Gasteiger partial charge in [0.05, 0.1) is 5.69 Å². The number of hydrogen-bond acceptors (Lipinski definition) is 3. The summed E-state index contributed by atoms with van der Waals surface area (Å²) in [5.41, 5.74) is 0.455. The zero-order valence-electron chi connectivity index (χ0n) is 10.4. The lowest BCUT2D eigenvalue weighted by Gasteiger charge is -2.30. The van der Waals surface area contributed by atoms with Crippen molar-refractivity contribution in [3.63, 3.8) is 0 Å². The van der Waals surface area contributed by atoms with Crippen LogP contribution in [-0.2, 0) is 10.2 Å². The van der Waals surface area contributed by atoms with Crippen molar-refractivity contribution in [3.05, 3.63) is 29.3 Å². The second-order valence-electron chi connectivity index (χ2n) is 4.64. The lowest BCUT2D eigenvalue weighted by Crippen LogP contribution is -2.42. The van der Waals surface area contributed by atoms with Gasteiger partial charge in [0.1, 0.15) is 0 Å². The van der Waals surface area contributed by atoms with Crippen molar-refractivity contribution in [2.45, 2.75) is 12.8 Å². The van der Waals surface area contributed by atoms with Crippen LogP contribution in [0.5, 0.6) is 0 Å². The zero-order chi connectivity index (χ0) is 13.9. The van der Waals surface area contributed by atoms with Gasteiger partial charge in [-0.25, -0.2) is 0 Å². The Hall–Kier alpha value is -0.820. The van der Waals surface area contributed by atoms with E-state index in [1.807, 2.05) is 0 Å². The van der Waals surface area contributed by atoms with Crippen LogP contribution in [-0.4, -0.2) is 37.5 Å². The number of anilines is 1. The summed E-state index contributed by atoms with van der Waals surface area (Å²) in [5.74, 6) is 0.206. The highest BCUT2D eigenvalue weighted by atomic mass is 35.5. The summed E-state index contributed by atoms with van der Waals surface area (Å²) in [4.78, 5) is 0. The Balaban J connectivity index is 2.03. The maximum atomic E-state index is 12.2. The van der Waals surface area contributed by atoms with E-state index in [0.717, 1.165) is 0 Å². The smallest absolute Gasteiger partial charge is 0.301 e. The van der Waals surface area contributed by atoms with Crippen molar-refractivity contribution in [2.24, 2.45) is 5.92 Å². The number of benzene rings is 1. The average Bonchev–Trinajstić information content (AvgIpc) is 2.38. The summed E-state index contributed by atoms with van der Waals surface area (Å²) < 4.78 is 28.3. The molecular formula is C12H17ClN2O3S. The zero-order valence-corrected chi connectivity index (χ0v) is 12.0. The van der Waals surface area contributed by atoms with Crippen molar-refractivity contribution in [1.29, 1.82) is 0 Å². The van der Waals surface area contributed by atoms with Crippen molar-refractivity contribution in [1.82, 2.24) is 4.31 Å². The molecule has 1 aromatic carbocycles. The van der Waals surface area contributed by atoms with Crippen LogP contribution in [0.25, 0.3) is 0 Å². The molecule has 0 saturated carbocycles. The van der Waals surface area contributed by atoms with Gasteiger partial charge in [-0.2, -0.15) is 12.7 Å². The number of piperidine rings is 1. The van der Waals surface area contributed by atoms with Gasteiger partial charge in [0, 0.05) is 24.7 Å². The molecule has 7 heteroatoms. The molecule has 1 aromatic rings. The number of nitrogens with zero attached hydrogens (tertiary/aromatic N) is 1. The minimum absolute atomic E-state index is 0.121. The van der Waals surface area contributed by atoms with E-state index in [1.54, 1.807) is 24.3 Å². The molecule has 0 aromatic heterocycles. The van der Waals surface area contributed by atoms with Gasteiger partial charge < -0.3 is 5.11 Å². The van der Waals surface area contributed by atoms with E-state index in [9.17, 15) is 8.42 Å². The Morgan fingerprint density at radius 2 is 2.05 bits per heavy atom. The average molecular weight is 305 g/mol. The van der Waals surface area contributed by atoms with Gasteiger partial charge in [0.25, 0.3) is 0 Å². The molecule has 1 aliphatic heterocycles. The maximum absolute atomic E-state index is 12.2. The summed E-state index contributed by atoms with van der Waals surface area (Å²) in [6, 6.07) is 6.60. The number of nitrogens with one attached hydrogen (secondary N) is 1. The van der Waals surface area contributed by atoms with E-state index in [0.29, 0.717) is 36.6 Å². The Kier molecular flexibility index (Phi) is 4.67. The first-order valence-electron chi connectivity index (χ1n) is 6.15. The lowest BCUT2D eigenvalue weighted by atomic mass is 10.00. The molecule has 1 fully saturated rings. The summed E-state index contributed by atoms with van der Waals surface area (Å²) in [6.07, 6.45) is 1.37. The highest BCUT2D eigenvalue weighted by Gasteiger charge is 2.27. The highest BCUT2D eigenvalue weighted by Crippen LogP contribution is 2.21. The Bertz CT molecular complexity index is 528. The Morgan fingerprint density at radius 3 is 2.63 bits per heavy atom. The molecule has 0 radical (unpaired) electrons. The van der Waals surface area contributed by atoms with Crippen molar-refractivity contribution >= 4 is 27.5 Å². The van der Waals surface area contributed by atoms with E-state index < -0.39 is 10.2 Å². The van der Waals surface area contributed by atoms with Crippen LogP contribution in [0.1, 0.15) is 12.8 Å². The van der Waals surface area contributed by atoms with Crippen LogP contribution < -0.4 is 4.72 Å². The minimum atomic E-state index is -3.54. The van der Waals surface area contributed by atoms with Crippen LogP contribution in [0, 0.1) is 5.92 Å². The van der Waals surface area contributed by atoms with Crippen molar-refractivity contribution in [3.8, 4) is 0 Å². The fraction of sp³-hybridized carbons (Fsp3) is 0.500. The predicted octanol–water partition coefficient (Wildman–Crippen LogP) is 1.70. The molecule has 106 valence electrons. The third-order valence-electron chi connectivity index (χ3n) is 3.24. The van der Waals surface area contributed by atoms with Gasteiger partial charge in [-0.15, -0.1) is 0 Å². The molecule has 19 heavy (non-hydrogen) atoms. The van der Waals surface area contributed by atoms with Crippen LogP contribution in [0.15, 0.2) is 24.3 Å². The number of aliphatic hydroxyl groups excluding tert-OH is 1. The quantitative estimate of drug-likeness (QED) is 0.889. The molecule has 1 heterocycles. The topological polar surface area (TPSA) is 69.6 Å². The van der Waals surface area contributed by atoms with Crippen LogP contribution in [0.3, 0.4) is 0 Å². The van der Waals surface area contributed by atoms with E-state index >= 15 is 0 Å². The summed E-state index contributed by atoms with van der Waals surface area (Å²) in [5, 5.41) is 9.53. The maximum Gasteiger partial charge on any atom is 0.301 e. The van der Waals surface area contributed by atoms with Gasteiger partial charge in [0.15, 0.2) is 0 Å². The lowest BCUT2D eigenvalue weighted by molar-refractivity contribution is 0.170. The molecule has 2 rings (SSSR count). The van der Waals surface area contributed by atoms with Crippen LogP contribution in [0.2, 0.25) is 5.02 Å². The van der Waals surface area contributed by atoms with Gasteiger partial charge >= 0.3 is 10.2 Å². The summed E-state index contributed by atoms with van der Waals surface area (Å²) in [6.45, 7) is 0.984. The van der Waals surface area contributed by atoms with Crippen LogP contribution in [0.4, 0.5) is 5.69 Å². The molecule has 1 saturated heterocycles. The summed E-state index contributed by atoms with van der Waals surface area (Å²) >= 11 is 5.82. The molecular weight excluding hydrogens is 288 g/mol. The first-order chi connectivity index (χ1) is 9.01. The van der Waals surface area contributed by atoms with E-state index in [-0.39, 0.29) is 12.5 Å². The van der Waals surface area contributed by atoms with Crippen LogP contribution >= 0.6 is 11.6 Å². The molecule has 1 aliphatic rings. The van der Waals surface area contributed by atoms with E-state index in [2.05, 4.69) is 4.72 Å². The molecule has 0 unspecified atom stereocenters. The Labute approximate surface area is 118 Å². The van der Waals surface area contributed by atoms with E-state index in [4.69, 9.17) is 16.7 Å². The third kappa shape index (κ3) is 3.82. The van der Waals surface area contributed by atoms with Crippen molar-refractivity contribution < 1.29 is 13.5 Å². The van der Waals surface area contributed by atoms with Crippen molar-refractivity contribution in [2.75, 3.05) is 24.4 Å². The molecule has 0 aliphatic carbocycles. The van der Waals surface area contributed by atoms with Gasteiger partial charge in [-0.05, 0) is 37.0 Å². The number of rotatable bonds is 4. The molecule has 0 spiro atoms. The third-order valence-corrected chi connectivity index (χ3v) is 5.02. The number of halogens is 1. The standard InChI is InChI=1S/C12H17ClN2O3S/c13-11-2-1-3-12(8-11)14-19(17,18)15-6-4-10(9-16)5-7-15/h1-3,8,10,14,16H,4-7,9H2. The molecule has 0 amide bonds. The molecule has 2 N–H and O–H groups in total. The second-order valence-corrected chi connectivity index (χ2v) is 6.75. The summed E-state index contributed by atoms with van der Waals surface area (Å²) in [7, 11) is -3.54. The Morgan fingerprint density at radius 1 is 1.37 bits per heavy atom. The fourth-order valence-corrected chi connectivity index (χ4v) is 3.53.